The fourth-order valence-corrected chi connectivity index (χ4v) is 1.04. The van der Waals surface area contributed by atoms with Crippen LogP contribution in [0.1, 0.15) is 6.42 Å². The molecule has 0 spiro atoms. The number of hydrogen-bond donors (Lipinski definition) is 2. The van der Waals surface area contributed by atoms with Gasteiger partial charge in [0.2, 0.25) is 0 Å². The predicted molar refractivity (Wildman–Crippen MR) is 34.9 cm³/mol. The molecule has 0 amide bonds. The van der Waals surface area contributed by atoms with E-state index in [4.69, 9.17) is 9.84 Å². The van der Waals surface area contributed by atoms with E-state index >= 15 is 0 Å². The Morgan fingerprint density at radius 3 is 2.70 bits per heavy atom. The molecule has 1 aliphatic rings. The summed E-state index contributed by atoms with van der Waals surface area (Å²) in [5.74, 6) is -0.826. The second-order valence-electron chi connectivity index (χ2n) is 2.44. The molecule has 1 aliphatic heterocycles. The maximum atomic E-state index is 10.6. The highest BCUT2D eigenvalue weighted by Crippen LogP contribution is 2.17. The van der Waals surface area contributed by atoms with Crippen LogP contribution in [0.25, 0.3) is 0 Å². The Balaban J connectivity index is 2.67. The van der Waals surface area contributed by atoms with E-state index in [1.807, 2.05) is 0 Å². The van der Waals surface area contributed by atoms with E-state index in [2.05, 4.69) is 5.32 Å². The number of likely N-dealkylation sites (N-methyl/N-ethyl adjacent to an activating group) is 1. The molecule has 0 aromatic rings. The number of aliphatic carboxylic acids is 1. The minimum absolute atomic E-state index is 0.277. The van der Waals surface area contributed by atoms with Crippen LogP contribution >= 0.6 is 0 Å². The average molecular weight is 145 g/mol. The molecule has 0 aliphatic carbocycles. The highest BCUT2D eigenvalue weighted by atomic mass is 16.5. The van der Waals surface area contributed by atoms with E-state index in [-0.39, 0.29) is 6.61 Å². The van der Waals surface area contributed by atoms with Crippen LogP contribution in [0.2, 0.25) is 0 Å². The van der Waals surface area contributed by atoms with Gasteiger partial charge in [-0.3, -0.25) is 4.79 Å². The number of ether oxygens (including phenoxy) is 1. The van der Waals surface area contributed by atoms with Gasteiger partial charge in [-0.2, -0.15) is 0 Å². The van der Waals surface area contributed by atoms with Gasteiger partial charge in [0.1, 0.15) is 5.54 Å². The van der Waals surface area contributed by atoms with E-state index in [1.165, 1.54) is 0 Å². The van der Waals surface area contributed by atoms with Gasteiger partial charge in [-0.15, -0.1) is 0 Å². The lowest BCUT2D eigenvalue weighted by atomic mass is 10.00. The first-order valence-electron chi connectivity index (χ1n) is 3.21. The van der Waals surface area contributed by atoms with Crippen molar-refractivity contribution in [1.82, 2.24) is 5.32 Å². The maximum Gasteiger partial charge on any atom is 0.326 e. The van der Waals surface area contributed by atoms with Gasteiger partial charge in [0.05, 0.1) is 6.61 Å². The normalized spacial score (nSPS) is 32.5. The predicted octanol–water partition coefficient (Wildman–Crippen LogP) is -0.551. The third kappa shape index (κ3) is 0.998. The Morgan fingerprint density at radius 1 is 1.80 bits per heavy atom. The summed E-state index contributed by atoms with van der Waals surface area (Å²) in [6, 6.07) is 0. The maximum absolute atomic E-state index is 10.6. The summed E-state index contributed by atoms with van der Waals surface area (Å²) < 4.78 is 4.97. The van der Waals surface area contributed by atoms with Gasteiger partial charge in [0, 0.05) is 13.0 Å². The van der Waals surface area contributed by atoms with Gasteiger partial charge in [-0.05, 0) is 7.05 Å². The smallest absolute Gasteiger partial charge is 0.326 e. The first-order chi connectivity index (χ1) is 4.71. The van der Waals surface area contributed by atoms with E-state index in [0.29, 0.717) is 13.0 Å². The lowest BCUT2D eigenvalue weighted by Crippen LogP contribution is -2.50. The Labute approximate surface area is 59.2 Å². The fraction of sp³-hybridized carbons (Fsp3) is 0.833. The molecule has 58 valence electrons. The van der Waals surface area contributed by atoms with Gasteiger partial charge in [-0.1, -0.05) is 0 Å². The number of nitrogens with one attached hydrogen (secondary N) is 1. The van der Waals surface area contributed by atoms with Crippen molar-refractivity contribution >= 4 is 5.97 Å². The molecule has 1 heterocycles. The van der Waals surface area contributed by atoms with Crippen LogP contribution in [0.4, 0.5) is 0 Å². The summed E-state index contributed by atoms with van der Waals surface area (Å²) in [6.07, 6.45) is 0.554. The summed E-state index contributed by atoms with van der Waals surface area (Å²) in [5, 5.41) is 11.5. The van der Waals surface area contributed by atoms with Crippen molar-refractivity contribution in [3.8, 4) is 0 Å². The first kappa shape index (κ1) is 7.50. The zero-order chi connectivity index (χ0) is 7.61. The van der Waals surface area contributed by atoms with Gasteiger partial charge in [0.25, 0.3) is 0 Å². The largest absolute Gasteiger partial charge is 0.480 e. The molecule has 1 saturated heterocycles. The molecule has 1 rings (SSSR count). The highest BCUT2D eigenvalue weighted by Gasteiger charge is 2.40. The van der Waals surface area contributed by atoms with Crippen LogP contribution in [0, 0.1) is 0 Å². The highest BCUT2D eigenvalue weighted by molar-refractivity contribution is 5.79. The summed E-state index contributed by atoms with van der Waals surface area (Å²) in [7, 11) is 1.64. The number of carboxylic acid groups (broad SMARTS) is 1. The lowest BCUT2D eigenvalue weighted by Gasteiger charge is -2.20. The molecule has 4 heteroatoms. The molecule has 0 aromatic carbocycles. The van der Waals surface area contributed by atoms with E-state index < -0.39 is 11.5 Å². The van der Waals surface area contributed by atoms with Crippen LogP contribution < -0.4 is 5.32 Å². The number of carboxylic acids is 1. The van der Waals surface area contributed by atoms with E-state index in [0.717, 1.165) is 0 Å². The Morgan fingerprint density at radius 2 is 2.50 bits per heavy atom. The molecule has 0 unspecified atom stereocenters. The topological polar surface area (TPSA) is 58.6 Å². The molecule has 0 radical (unpaired) electrons. The third-order valence-corrected chi connectivity index (χ3v) is 1.91. The summed E-state index contributed by atoms with van der Waals surface area (Å²) in [5.41, 5.74) is -0.819. The second-order valence-corrected chi connectivity index (χ2v) is 2.44. The molecule has 1 atom stereocenters. The third-order valence-electron chi connectivity index (χ3n) is 1.91. The quantitative estimate of drug-likeness (QED) is 0.547. The van der Waals surface area contributed by atoms with Crippen molar-refractivity contribution < 1.29 is 14.6 Å². The van der Waals surface area contributed by atoms with Crippen molar-refractivity contribution in [2.24, 2.45) is 0 Å². The average Bonchev–Trinajstić information content (AvgIpc) is 2.35. The molecule has 10 heavy (non-hydrogen) atoms. The molecular formula is C6H11NO3. The van der Waals surface area contributed by atoms with Gasteiger partial charge in [0.15, 0.2) is 0 Å². The van der Waals surface area contributed by atoms with Crippen LogP contribution in [-0.2, 0) is 9.53 Å². The van der Waals surface area contributed by atoms with Crippen LogP contribution in [-0.4, -0.2) is 36.9 Å². The number of rotatable bonds is 2. The number of carbonyl (C=O) groups is 1. The molecule has 0 bridgehead atoms. The van der Waals surface area contributed by atoms with Crippen LogP contribution in [0.3, 0.4) is 0 Å². The second kappa shape index (κ2) is 2.56. The molecule has 2 N–H and O–H groups in total. The van der Waals surface area contributed by atoms with Crippen LogP contribution in [0.5, 0.6) is 0 Å². The van der Waals surface area contributed by atoms with Gasteiger partial charge >= 0.3 is 5.97 Å². The van der Waals surface area contributed by atoms with Crippen molar-refractivity contribution in [3.05, 3.63) is 0 Å². The van der Waals surface area contributed by atoms with Crippen molar-refractivity contribution in [2.45, 2.75) is 12.0 Å². The summed E-state index contributed by atoms with van der Waals surface area (Å²) in [6.45, 7) is 0.811. The molecule has 4 nitrogen and oxygen atoms in total. The Kier molecular flexibility index (Phi) is 1.92. The van der Waals surface area contributed by atoms with Gasteiger partial charge < -0.3 is 15.2 Å². The first-order valence-corrected chi connectivity index (χ1v) is 3.21. The molecule has 0 saturated carbocycles. The Bertz CT molecular complexity index is 140. The van der Waals surface area contributed by atoms with E-state index in [9.17, 15) is 4.79 Å². The van der Waals surface area contributed by atoms with E-state index in [1.54, 1.807) is 7.05 Å². The fourth-order valence-electron chi connectivity index (χ4n) is 1.04. The molecule has 1 fully saturated rings. The van der Waals surface area contributed by atoms with Crippen molar-refractivity contribution in [2.75, 3.05) is 20.3 Å². The van der Waals surface area contributed by atoms with Crippen molar-refractivity contribution in [3.63, 3.8) is 0 Å². The minimum atomic E-state index is -0.826. The van der Waals surface area contributed by atoms with Crippen molar-refractivity contribution in [1.29, 1.82) is 0 Å². The molecular weight excluding hydrogens is 134 g/mol. The SMILES string of the molecule is CN[C@]1(C(=O)O)CCOC1. The zero-order valence-electron chi connectivity index (χ0n) is 5.89. The van der Waals surface area contributed by atoms with Crippen LogP contribution in [0.15, 0.2) is 0 Å². The summed E-state index contributed by atoms with van der Waals surface area (Å²) >= 11 is 0. The Hall–Kier alpha value is -0.610. The monoisotopic (exact) mass is 145 g/mol. The summed E-state index contributed by atoms with van der Waals surface area (Å²) in [4.78, 5) is 10.6. The molecule has 0 aromatic heterocycles. The minimum Gasteiger partial charge on any atom is -0.480 e. The zero-order valence-corrected chi connectivity index (χ0v) is 5.89. The standard InChI is InChI=1S/C6H11NO3/c1-7-6(5(8)9)2-3-10-4-6/h7H,2-4H2,1H3,(H,8,9)/t6-/m1/s1. The number of hydrogen-bond acceptors (Lipinski definition) is 3. The van der Waals surface area contributed by atoms with Gasteiger partial charge in [-0.25, -0.2) is 0 Å². The lowest BCUT2D eigenvalue weighted by molar-refractivity contribution is -0.144.